The van der Waals surface area contributed by atoms with Gasteiger partial charge in [-0.25, -0.2) is 0 Å². The molecule has 0 bridgehead atoms. The van der Waals surface area contributed by atoms with Crippen LogP contribution in [0.3, 0.4) is 0 Å². The lowest BCUT2D eigenvalue weighted by molar-refractivity contribution is -0.183. The van der Waals surface area contributed by atoms with E-state index in [9.17, 15) is 18.0 Å². The Morgan fingerprint density at radius 2 is 2.00 bits per heavy atom. The summed E-state index contributed by atoms with van der Waals surface area (Å²) in [6, 6.07) is 7.85. The van der Waals surface area contributed by atoms with Gasteiger partial charge in [-0.3, -0.25) is 9.78 Å². The van der Waals surface area contributed by atoms with Crippen LogP contribution in [0.25, 0.3) is 10.9 Å². The number of halogens is 3. The van der Waals surface area contributed by atoms with Gasteiger partial charge in [-0.05, 0) is 17.7 Å². The molecule has 1 aromatic heterocycles. The molecular formula is C14H12F3NO2. The van der Waals surface area contributed by atoms with E-state index in [1.807, 2.05) is 0 Å². The van der Waals surface area contributed by atoms with Gasteiger partial charge >= 0.3 is 12.1 Å². The molecule has 1 unspecified atom stereocenters. The molecule has 2 atom stereocenters. The van der Waals surface area contributed by atoms with Crippen LogP contribution in [0.15, 0.2) is 36.5 Å². The van der Waals surface area contributed by atoms with E-state index in [0.29, 0.717) is 5.52 Å². The Labute approximate surface area is 113 Å². The van der Waals surface area contributed by atoms with E-state index in [2.05, 4.69) is 4.98 Å². The van der Waals surface area contributed by atoms with Gasteiger partial charge in [0, 0.05) is 11.6 Å². The topological polar surface area (TPSA) is 50.2 Å². The molecule has 0 amide bonds. The van der Waals surface area contributed by atoms with Crippen molar-refractivity contribution in [2.24, 2.45) is 5.92 Å². The first kappa shape index (κ1) is 14.3. The lowest BCUT2D eigenvalue weighted by atomic mass is 9.86. The van der Waals surface area contributed by atoms with Gasteiger partial charge in [0.15, 0.2) is 0 Å². The summed E-state index contributed by atoms with van der Waals surface area (Å²) in [6.07, 6.45) is -3.06. The monoisotopic (exact) mass is 283 g/mol. The molecule has 1 N–H and O–H groups in total. The average Bonchev–Trinajstić information content (AvgIpc) is 2.37. The van der Waals surface area contributed by atoms with Crippen molar-refractivity contribution < 1.29 is 23.1 Å². The molecule has 0 spiro atoms. The van der Waals surface area contributed by atoms with Crippen molar-refractivity contribution in [2.45, 2.75) is 19.0 Å². The number of alkyl halides is 3. The number of rotatable bonds is 3. The van der Waals surface area contributed by atoms with E-state index in [4.69, 9.17) is 5.11 Å². The van der Waals surface area contributed by atoms with Gasteiger partial charge in [0.2, 0.25) is 0 Å². The number of aliphatic carboxylic acids is 1. The first-order valence-corrected chi connectivity index (χ1v) is 5.95. The summed E-state index contributed by atoms with van der Waals surface area (Å²) in [4.78, 5) is 15.2. The van der Waals surface area contributed by atoms with Crippen molar-refractivity contribution in [3.05, 3.63) is 42.1 Å². The number of hydrogen-bond donors (Lipinski definition) is 1. The standard InChI is InChI=1S/C14H12F3NO2/c1-8(14(15,16)17)12(13(19)20)10-5-4-9-3-2-6-18-11(9)7-10/h2-8,12H,1H3,(H,19,20)/t8-,12?/m1/s1. The van der Waals surface area contributed by atoms with Crippen molar-refractivity contribution in [3.8, 4) is 0 Å². The molecule has 0 aliphatic heterocycles. The molecule has 0 radical (unpaired) electrons. The lowest BCUT2D eigenvalue weighted by Gasteiger charge is -2.23. The smallest absolute Gasteiger partial charge is 0.392 e. The van der Waals surface area contributed by atoms with E-state index >= 15 is 0 Å². The molecule has 20 heavy (non-hydrogen) atoms. The normalized spacial score (nSPS) is 15.0. The summed E-state index contributed by atoms with van der Waals surface area (Å²) < 4.78 is 38.3. The van der Waals surface area contributed by atoms with Crippen LogP contribution >= 0.6 is 0 Å². The first-order chi connectivity index (χ1) is 9.30. The minimum Gasteiger partial charge on any atom is -0.481 e. The maximum absolute atomic E-state index is 12.8. The second-order valence-corrected chi connectivity index (χ2v) is 4.60. The van der Waals surface area contributed by atoms with Crippen LogP contribution in [0.4, 0.5) is 13.2 Å². The molecular weight excluding hydrogens is 271 g/mol. The summed E-state index contributed by atoms with van der Waals surface area (Å²) in [5.41, 5.74) is 0.583. The predicted molar refractivity (Wildman–Crippen MR) is 67.3 cm³/mol. The van der Waals surface area contributed by atoms with Crippen LogP contribution in [0.1, 0.15) is 18.4 Å². The van der Waals surface area contributed by atoms with E-state index in [1.54, 1.807) is 18.2 Å². The summed E-state index contributed by atoms with van der Waals surface area (Å²) in [5.74, 6) is -5.10. The number of pyridine rings is 1. The van der Waals surface area contributed by atoms with Gasteiger partial charge in [-0.15, -0.1) is 0 Å². The SMILES string of the molecule is C[C@H](C(C(=O)O)c1ccc2cccnc2c1)C(F)(F)F. The zero-order valence-corrected chi connectivity index (χ0v) is 10.6. The number of carboxylic acids is 1. The lowest BCUT2D eigenvalue weighted by Crippen LogP contribution is -2.31. The molecule has 0 aliphatic carbocycles. The maximum atomic E-state index is 12.8. The third-order valence-corrected chi connectivity index (χ3v) is 3.27. The number of benzene rings is 1. The van der Waals surface area contributed by atoms with Crippen molar-refractivity contribution in [3.63, 3.8) is 0 Å². The fraction of sp³-hybridized carbons (Fsp3) is 0.286. The van der Waals surface area contributed by atoms with Gasteiger partial charge < -0.3 is 5.11 Å². The Kier molecular flexibility index (Phi) is 3.65. The number of fused-ring (bicyclic) bond motifs is 1. The molecule has 6 heteroatoms. The van der Waals surface area contributed by atoms with Crippen LogP contribution in [0.5, 0.6) is 0 Å². The molecule has 106 valence electrons. The van der Waals surface area contributed by atoms with Gasteiger partial charge in [0.05, 0.1) is 17.4 Å². The second-order valence-electron chi connectivity index (χ2n) is 4.60. The van der Waals surface area contributed by atoms with Crippen LogP contribution in [0.2, 0.25) is 0 Å². The first-order valence-electron chi connectivity index (χ1n) is 5.95. The van der Waals surface area contributed by atoms with Gasteiger partial charge in [0.25, 0.3) is 0 Å². The maximum Gasteiger partial charge on any atom is 0.392 e. The molecule has 2 aromatic rings. The molecule has 0 fully saturated rings. The largest absolute Gasteiger partial charge is 0.481 e. The zero-order chi connectivity index (χ0) is 14.9. The molecule has 1 aromatic carbocycles. The Morgan fingerprint density at radius 3 is 2.60 bits per heavy atom. The molecule has 2 rings (SSSR count). The van der Waals surface area contributed by atoms with Crippen LogP contribution in [0, 0.1) is 5.92 Å². The van der Waals surface area contributed by atoms with E-state index in [0.717, 1.165) is 12.3 Å². The fourth-order valence-electron chi connectivity index (χ4n) is 2.11. The highest BCUT2D eigenvalue weighted by Gasteiger charge is 2.45. The summed E-state index contributed by atoms with van der Waals surface area (Å²) >= 11 is 0. The molecule has 3 nitrogen and oxygen atoms in total. The van der Waals surface area contributed by atoms with Gasteiger partial charge in [-0.1, -0.05) is 25.1 Å². The summed E-state index contributed by atoms with van der Waals surface area (Å²) in [6.45, 7) is 0.876. The molecule has 1 heterocycles. The minimum atomic E-state index is -4.57. The third kappa shape index (κ3) is 2.74. The number of aromatic nitrogens is 1. The van der Waals surface area contributed by atoms with E-state index in [-0.39, 0.29) is 5.56 Å². The molecule has 0 saturated heterocycles. The van der Waals surface area contributed by atoms with Crippen LogP contribution < -0.4 is 0 Å². The summed E-state index contributed by atoms with van der Waals surface area (Å²) in [7, 11) is 0. The van der Waals surface area contributed by atoms with Crippen molar-refractivity contribution in [1.29, 1.82) is 0 Å². The van der Waals surface area contributed by atoms with Crippen molar-refractivity contribution in [2.75, 3.05) is 0 Å². The number of nitrogens with zero attached hydrogens (tertiary/aromatic N) is 1. The van der Waals surface area contributed by atoms with Crippen molar-refractivity contribution in [1.82, 2.24) is 4.98 Å². The highest BCUT2D eigenvalue weighted by Crippen LogP contribution is 2.38. The average molecular weight is 283 g/mol. The highest BCUT2D eigenvalue weighted by atomic mass is 19.4. The van der Waals surface area contributed by atoms with E-state index < -0.39 is 24.0 Å². The quantitative estimate of drug-likeness (QED) is 0.936. The number of hydrogen-bond acceptors (Lipinski definition) is 2. The van der Waals surface area contributed by atoms with Crippen molar-refractivity contribution >= 4 is 16.9 Å². The molecule has 0 aliphatic rings. The highest BCUT2D eigenvalue weighted by molar-refractivity contribution is 5.82. The number of carboxylic acid groups (broad SMARTS) is 1. The summed E-state index contributed by atoms with van der Waals surface area (Å²) in [5, 5.41) is 9.86. The van der Waals surface area contributed by atoms with Gasteiger partial charge in [0.1, 0.15) is 0 Å². The Morgan fingerprint density at radius 1 is 1.30 bits per heavy atom. The fourth-order valence-corrected chi connectivity index (χ4v) is 2.11. The Balaban J connectivity index is 2.49. The minimum absolute atomic E-state index is 0.105. The predicted octanol–water partition coefficient (Wildman–Crippen LogP) is 3.60. The van der Waals surface area contributed by atoms with Gasteiger partial charge in [-0.2, -0.15) is 13.2 Å². The number of carbonyl (C=O) groups is 1. The Hall–Kier alpha value is -2.11. The zero-order valence-electron chi connectivity index (χ0n) is 10.6. The van der Waals surface area contributed by atoms with Crippen LogP contribution in [-0.4, -0.2) is 22.2 Å². The second kappa shape index (κ2) is 5.11. The molecule has 0 saturated carbocycles. The third-order valence-electron chi connectivity index (χ3n) is 3.27. The Bertz CT molecular complexity index is 640. The van der Waals surface area contributed by atoms with E-state index in [1.165, 1.54) is 18.3 Å². The van der Waals surface area contributed by atoms with Crippen LogP contribution in [-0.2, 0) is 4.79 Å².